The molecule has 0 heterocycles. The smallest absolute Gasteiger partial charge is 0.334 e. The van der Waals surface area contributed by atoms with E-state index in [0.717, 1.165) is 0 Å². The molecule has 0 saturated heterocycles. The van der Waals surface area contributed by atoms with E-state index in [1.54, 1.807) is 0 Å². The van der Waals surface area contributed by atoms with Crippen LogP contribution >= 0.6 is 0 Å². The molecule has 3 nitrogen and oxygen atoms in total. The van der Waals surface area contributed by atoms with E-state index in [9.17, 15) is 4.79 Å². The molecule has 8 heavy (non-hydrogen) atoms. The second kappa shape index (κ2) is 4.80. The fourth-order valence-electron chi connectivity index (χ4n) is 0.171. The zero-order valence-corrected chi connectivity index (χ0v) is 4.34. The summed E-state index contributed by atoms with van der Waals surface area (Å²) < 4.78 is 4.12. The van der Waals surface area contributed by atoms with Gasteiger partial charge in [-0.1, -0.05) is 0 Å². The molecule has 0 aromatic heterocycles. The van der Waals surface area contributed by atoms with Gasteiger partial charge in [-0.3, -0.25) is 0 Å². The van der Waals surface area contributed by atoms with Crippen LogP contribution in [-0.4, -0.2) is 35.3 Å². The molecule has 0 aliphatic rings. The molecule has 50 valence electrons. The maximum atomic E-state index is 10.0. The number of hydrogen-bond acceptors (Lipinski definition) is 3. The summed E-state index contributed by atoms with van der Waals surface area (Å²) in [6.07, 6.45) is -0.995. The van der Waals surface area contributed by atoms with Crippen LogP contribution in [-0.2, 0) is 9.53 Å². The Balaban J connectivity index is 0. The minimum absolute atomic E-state index is 0. The number of methoxy groups -OCH3 is 1. The first kappa shape index (κ1) is 10.6. The van der Waals surface area contributed by atoms with Gasteiger partial charge in [-0.25, -0.2) is 4.79 Å². The largest absolute Gasteiger partial charge is 0.467 e. The maximum Gasteiger partial charge on any atom is 0.334 e. The summed E-state index contributed by atoms with van der Waals surface area (Å²) >= 11 is 0. The predicted octanol–water partition coefficient (Wildman–Crippen LogP) is -1.91. The van der Waals surface area contributed by atoms with Crippen LogP contribution in [0.2, 0.25) is 0 Å². The van der Waals surface area contributed by atoms with Crippen molar-refractivity contribution in [2.45, 2.75) is 13.0 Å². The van der Waals surface area contributed by atoms with Crippen LogP contribution < -0.4 is 0 Å². The van der Waals surface area contributed by atoms with Gasteiger partial charge in [0, 0.05) is 0 Å². The van der Waals surface area contributed by atoms with Gasteiger partial charge < -0.3 is 9.84 Å². The summed E-state index contributed by atoms with van der Waals surface area (Å²) in [6.45, 7) is 1.35. The van der Waals surface area contributed by atoms with Crippen LogP contribution in [0.25, 0.3) is 0 Å². The summed E-state index contributed by atoms with van der Waals surface area (Å²) in [6, 6.07) is 0. The van der Waals surface area contributed by atoms with Crippen molar-refractivity contribution in [3.63, 3.8) is 0 Å². The highest BCUT2D eigenvalue weighted by Crippen LogP contribution is 1.80. The van der Waals surface area contributed by atoms with Gasteiger partial charge in [0.1, 0.15) is 6.10 Å². The van der Waals surface area contributed by atoms with Gasteiger partial charge in [-0.2, -0.15) is 0 Å². The zero-order valence-electron chi connectivity index (χ0n) is 4.34. The van der Waals surface area contributed by atoms with Gasteiger partial charge in [0.2, 0.25) is 0 Å². The SMILES string of the molecule is COC(=O)C(C)O.[SiH4]. The Kier molecular flexibility index (Phi) is 6.35. The Morgan fingerprint density at radius 3 is 2.12 bits per heavy atom. The Labute approximate surface area is 52.7 Å². The van der Waals surface area contributed by atoms with Crippen LogP contribution in [0.5, 0.6) is 0 Å². The number of carbonyl (C=O) groups excluding carboxylic acids is 1. The summed E-state index contributed by atoms with van der Waals surface area (Å²) in [4.78, 5) is 10.0. The quantitative estimate of drug-likeness (QED) is 0.338. The van der Waals surface area contributed by atoms with Crippen LogP contribution in [0.4, 0.5) is 0 Å². The average molecular weight is 136 g/mol. The van der Waals surface area contributed by atoms with Crippen molar-refractivity contribution in [2.24, 2.45) is 0 Å². The first-order valence-corrected chi connectivity index (χ1v) is 1.94. The number of carbonyl (C=O) groups is 1. The molecule has 0 aliphatic heterocycles. The van der Waals surface area contributed by atoms with E-state index in [1.807, 2.05) is 0 Å². The summed E-state index contributed by atoms with van der Waals surface area (Å²) in [5, 5.41) is 8.35. The Hall–Kier alpha value is -0.353. The van der Waals surface area contributed by atoms with E-state index in [2.05, 4.69) is 4.74 Å². The summed E-state index contributed by atoms with van der Waals surface area (Å²) in [7, 11) is 1.23. The highest BCUT2D eigenvalue weighted by molar-refractivity contribution is 5.75. The number of rotatable bonds is 1. The Morgan fingerprint density at radius 1 is 1.75 bits per heavy atom. The third kappa shape index (κ3) is 3.82. The fourth-order valence-corrected chi connectivity index (χ4v) is 0.171. The van der Waals surface area contributed by atoms with E-state index in [1.165, 1.54) is 14.0 Å². The molecule has 1 atom stereocenters. The molecular weight excluding hydrogens is 124 g/mol. The molecule has 4 heteroatoms. The van der Waals surface area contributed by atoms with Gasteiger partial charge in [0.25, 0.3) is 0 Å². The van der Waals surface area contributed by atoms with Crippen molar-refractivity contribution in [1.29, 1.82) is 0 Å². The third-order valence-electron chi connectivity index (χ3n) is 0.542. The van der Waals surface area contributed by atoms with E-state index in [0.29, 0.717) is 0 Å². The molecule has 0 amide bonds. The molecular formula is C4H12O3Si. The summed E-state index contributed by atoms with van der Waals surface area (Å²) in [5.41, 5.74) is 0. The molecule has 1 unspecified atom stereocenters. The molecule has 0 radical (unpaired) electrons. The van der Waals surface area contributed by atoms with Crippen molar-refractivity contribution in [3.8, 4) is 0 Å². The Morgan fingerprint density at radius 2 is 2.12 bits per heavy atom. The van der Waals surface area contributed by atoms with Gasteiger partial charge in [-0.05, 0) is 17.9 Å². The lowest BCUT2D eigenvalue weighted by Crippen LogP contribution is -2.16. The lowest BCUT2D eigenvalue weighted by Gasteiger charge is -1.97. The van der Waals surface area contributed by atoms with Crippen LogP contribution in [0.3, 0.4) is 0 Å². The molecule has 0 aromatic carbocycles. The summed E-state index contributed by atoms with van der Waals surface area (Å²) in [5.74, 6) is -0.597. The zero-order chi connectivity index (χ0) is 5.86. The molecule has 0 fully saturated rings. The minimum atomic E-state index is -0.995. The van der Waals surface area contributed by atoms with Crippen molar-refractivity contribution in [1.82, 2.24) is 0 Å². The maximum absolute atomic E-state index is 10.0. The fraction of sp³-hybridized carbons (Fsp3) is 0.750. The topological polar surface area (TPSA) is 46.5 Å². The van der Waals surface area contributed by atoms with Crippen LogP contribution in [0, 0.1) is 0 Å². The highest BCUT2D eigenvalue weighted by atomic mass is 28.1. The lowest BCUT2D eigenvalue weighted by atomic mass is 10.4. The predicted molar refractivity (Wildman–Crippen MR) is 35.0 cm³/mol. The van der Waals surface area contributed by atoms with Crippen molar-refractivity contribution in [3.05, 3.63) is 0 Å². The lowest BCUT2D eigenvalue weighted by molar-refractivity contribution is -0.149. The second-order valence-electron chi connectivity index (χ2n) is 1.20. The van der Waals surface area contributed by atoms with Crippen LogP contribution in [0.1, 0.15) is 6.92 Å². The highest BCUT2D eigenvalue weighted by Gasteiger charge is 2.05. The normalized spacial score (nSPS) is 11.4. The number of aliphatic hydroxyl groups is 1. The van der Waals surface area contributed by atoms with Crippen molar-refractivity contribution in [2.75, 3.05) is 7.11 Å². The first-order chi connectivity index (χ1) is 3.18. The standard InChI is InChI=1S/C4H8O3.H4Si/c1-3(5)4(6)7-2;/h3,5H,1-2H3;1H4. The van der Waals surface area contributed by atoms with Crippen LogP contribution in [0.15, 0.2) is 0 Å². The molecule has 0 aromatic rings. The Bertz CT molecular complexity index is 71.7. The van der Waals surface area contributed by atoms with Gasteiger partial charge >= 0.3 is 5.97 Å². The van der Waals surface area contributed by atoms with Crippen molar-refractivity contribution >= 4 is 16.9 Å². The molecule has 0 bridgehead atoms. The van der Waals surface area contributed by atoms with E-state index >= 15 is 0 Å². The van der Waals surface area contributed by atoms with Crippen molar-refractivity contribution < 1.29 is 14.6 Å². The third-order valence-corrected chi connectivity index (χ3v) is 0.542. The number of ether oxygens (including phenoxy) is 1. The molecule has 0 saturated carbocycles. The average Bonchev–Trinajstić information content (AvgIpc) is 1.65. The number of esters is 1. The number of aliphatic hydroxyl groups excluding tert-OH is 1. The van der Waals surface area contributed by atoms with Gasteiger partial charge in [-0.15, -0.1) is 0 Å². The molecule has 1 N–H and O–H groups in total. The van der Waals surface area contributed by atoms with Gasteiger partial charge in [0.05, 0.1) is 7.11 Å². The first-order valence-electron chi connectivity index (χ1n) is 1.94. The molecule has 0 spiro atoms. The molecule has 0 rings (SSSR count). The monoisotopic (exact) mass is 136 g/mol. The second-order valence-corrected chi connectivity index (χ2v) is 1.20. The number of hydrogen-bond donors (Lipinski definition) is 1. The van der Waals surface area contributed by atoms with E-state index < -0.39 is 12.1 Å². The molecule has 0 aliphatic carbocycles. The van der Waals surface area contributed by atoms with E-state index in [-0.39, 0.29) is 11.0 Å². The van der Waals surface area contributed by atoms with Gasteiger partial charge in [0.15, 0.2) is 0 Å². The minimum Gasteiger partial charge on any atom is -0.467 e. The van der Waals surface area contributed by atoms with E-state index in [4.69, 9.17) is 5.11 Å².